The van der Waals surface area contributed by atoms with Gasteiger partial charge < -0.3 is 14.7 Å². The summed E-state index contributed by atoms with van der Waals surface area (Å²) in [5.41, 5.74) is 1.87. The molecule has 1 aliphatic heterocycles. The quantitative estimate of drug-likeness (QED) is 0.887. The van der Waals surface area contributed by atoms with Crippen molar-refractivity contribution in [3.8, 4) is 0 Å². The lowest BCUT2D eigenvalue weighted by molar-refractivity contribution is 0.0685. The summed E-state index contributed by atoms with van der Waals surface area (Å²) in [6.07, 6.45) is 4.39. The Morgan fingerprint density at radius 2 is 2.16 bits per heavy atom. The van der Waals surface area contributed by atoms with Gasteiger partial charge >= 0.3 is 0 Å². The van der Waals surface area contributed by atoms with Crippen LogP contribution in [0.2, 0.25) is 0 Å². The largest absolute Gasteiger partial charge is 0.387 e. The third-order valence-electron chi connectivity index (χ3n) is 3.81. The van der Waals surface area contributed by atoms with E-state index in [2.05, 4.69) is 16.9 Å². The predicted octanol–water partition coefficient (Wildman–Crippen LogP) is 2.39. The number of hydrogen-bond acceptors (Lipinski definition) is 4. The Kier molecular flexibility index (Phi) is 5.16. The van der Waals surface area contributed by atoms with Crippen molar-refractivity contribution in [1.82, 2.24) is 4.98 Å². The lowest BCUT2D eigenvalue weighted by atomic mass is 10.00. The molecular formula is C15H24N2O2. The van der Waals surface area contributed by atoms with Crippen LogP contribution in [0.4, 0.5) is 5.69 Å². The molecule has 4 nitrogen and oxygen atoms in total. The molecule has 0 bridgehead atoms. The van der Waals surface area contributed by atoms with Crippen LogP contribution in [0, 0.1) is 5.92 Å². The molecular weight excluding hydrogens is 240 g/mol. The molecule has 1 atom stereocenters. The molecule has 1 aliphatic rings. The molecule has 4 heteroatoms. The summed E-state index contributed by atoms with van der Waals surface area (Å²) in [5.74, 6) is 0.708. The maximum Gasteiger partial charge on any atom is 0.0957 e. The number of aliphatic hydroxyl groups is 1. The van der Waals surface area contributed by atoms with Crippen LogP contribution in [-0.4, -0.2) is 36.9 Å². The van der Waals surface area contributed by atoms with Gasteiger partial charge in [-0.1, -0.05) is 6.92 Å². The molecule has 1 fully saturated rings. The third kappa shape index (κ3) is 3.91. The number of anilines is 1. The van der Waals surface area contributed by atoms with Gasteiger partial charge in [0.15, 0.2) is 0 Å². The summed E-state index contributed by atoms with van der Waals surface area (Å²) in [7, 11) is 2.10. The van der Waals surface area contributed by atoms with Gasteiger partial charge in [-0.15, -0.1) is 0 Å². The Bertz CT molecular complexity index is 374. The monoisotopic (exact) mass is 264 g/mol. The van der Waals surface area contributed by atoms with Crippen molar-refractivity contribution in [2.24, 2.45) is 5.92 Å². The highest BCUT2D eigenvalue weighted by Crippen LogP contribution is 2.21. The van der Waals surface area contributed by atoms with Crippen LogP contribution in [0.3, 0.4) is 0 Å². The van der Waals surface area contributed by atoms with E-state index in [0.29, 0.717) is 12.3 Å². The lowest BCUT2D eigenvalue weighted by Gasteiger charge is -2.28. The molecule has 0 spiro atoms. The fraction of sp³-hybridized carbons (Fsp3) is 0.667. The average molecular weight is 264 g/mol. The van der Waals surface area contributed by atoms with Crippen molar-refractivity contribution in [3.05, 3.63) is 24.0 Å². The number of aromatic nitrogens is 1. The van der Waals surface area contributed by atoms with Gasteiger partial charge in [-0.05, 0) is 37.3 Å². The van der Waals surface area contributed by atoms with Crippen LogP contribution in [0.15, 0.2) is 18.3 Å². The first-order valence-corrected chi connectivity index (χ1v) is 7.13. The Hall–Kier alpha value is -1.13. The van der Waals surface area contributed by atoms with Crippen molar-refractivity contribution in [2.75, 3.05) is 31.7 Å². The molecule has 0 unspecified atom stereocenters. The topological polar surface area (TPSA) is 45.6 Å². The molecule has 1 aromatic heterocycles. The number of pyridine rings is 1. The van der Waals surface area contributed by atoms with Gasteiger partial charge in [0.2, 0.25) is 0 Å². The lowest BCUT2D eigenvalue weighted by Crippen LogP contribution is -2.29. The highest BCUT2D eigenvalue weighted by atomic mass is 16.5. The van der Waals surface area contributed by atoms with Crippen LogP contribution in [0.1, 0.15) is 38.0 Å². The molecule has 19 heavy (non-hydrogen) atoms. The van der Waals surface area contributed by atoms with Crippen LogP contribution in [0.5, 0.6) is 0 Å². The van der Waals surface area contributed by atoms with Crippen molar-refractivity contribution >= 4 is 5.69 Å². The zero-order chi connectivity index (χ0) is 13.7. The predicted molar refractivity (Wildman–Crippen MR) is 76.3 cm³/mol. The summed E-state index contributed by atoms with van der Waals surface area (Å²) >= 11 is 0. The summed E-state index contributed by atoms with van der Waals surface area (Å²) < 4.78 is 5.38. The van der Waals surface area contributed by atoms with E-state index < -0.39 is 6.10 Å². The van der Waals surface area contributed by atoms with Gasteiger partial charge in [-0.2, -0.15) is 0 Å². The minimum Gasteiger partial charge on any atom is -0.387 e. The van der Waals surface area contributed by atoms with E-state index in [9.17, 15) is 5.11 Å². The Morgan fingerprint density at radius 1 is 1.42 bits per heavy atom. The second-order valence-corrected chi connectivity index (χ2v) is 5.30. The van der Waals surface area contributed by atoms with Crippen molar-refractivity contribution < 1.29 is 9.84 Å². The highest BCUT2D eigenvalue weighted by Gasteiger charge is 2.16. The van der Waals surface area contributed by atoms with Crippen molar-refractivity contribution in [2.45, 2.75) is 32.3 Å². The second-order valence-electron chi connectivity index (χ2n) is 5.30. The van der Waals surface area contributed by atoms with Crippen molar-refractivity contribution in [1.29, 1.82) is 0 Å². The van der Waals surface area contributed by atoms with Gasteiger partial charge in [0.05, 0.1) is 23.7 Å². The minimum atomic E-state index is -0.449. The zero-order valence-electron chi connectivity index (χ0n) is 11.9. The first kappa shape index (κ1) is 14.3. The van der Waals surface area contributed by atoms with E-state index >= 15 is 0 Å². The number of hydrogen-bond donors (Lipinski definition) is 1. The normalized spacial score (nSPS) is 18.3. The van der Waals surface area contributed by atoms with Gasteiger partial charge in [0.1, 0.15) is 0 Å². The Labute approximate surface area is 115 Å². The summed E-state index contributed by atoms with van der Waals surface area (Å²) in [6.45, 7) is 4.77. The van der Waals surface area contributed by atoms with Gasteiger partial charge in [0.25, 0.3) is 0 Å². The van der Waals surface area contributed by atoms with Crippen molar-refractivity contribution in [3.63, 3.8) is 0 Å². The molecule has 1 saturated heterocycles. The standard InChI is InChI=1S/C15H24N2O2/c1-3-15(18)14-5-4-13(10-16-14)17(2)11-12-6-8-19-9-7-12/h4-5,10,12,15,18H,3,6-9,11H2,1-2H3/t15-/m0/s1. The van der Waals surface area contributed by atoms with Crippen LogP contribution in [-0.2, 0) is 4.74 Å². The summed E-state index contributed by atoms with van der Waals surface area (Å²) in [6, 6.07) is 3.96. The van der Waals surface area contributed by atoms with E-state index in [1.54, 1.807) is 0 Å². The average Bonchev–Trinajstić information content (AvgIpc) is 2.47. The molecule has 1 aromatic rings. The molecule has 0 radical (unpaired) electrons. The van der Waals surface area contributed by atoms with Gasteiger partial charge in [-0.25, -0.2) is 0 Å². The molecule has 0 aromatic carbocycles. The second kappa shape index (κ2) is 6.87. The van der Waals surface area contributed by atoms with Crippen LogP contribution < -0.4 is 4.90 Å². The molecule has 0 amide bonds. The van der Waals surface area contributed by atoms with E-state index in [4.69, 9.17) is 4.74 Å². The minimum absolute atomic E-state index is 0.449. The number of ether oxygens (including phenoxy) is 1. The SMILES string of the molecule is CC[C@H](O)c1ccc(N(C)CC2CCOCC2)cn1. The van der Waals surface area contributed by atoms with E-state index in [1.807, 2.05) is 25.3 Å². The fourth-order valence-electron chi connectivity index (χ4n) is 2.45. The van der Waals surface area contributed by atoms with Crippen LogP contribution in [0.25, 0.3) is 0 Å². The molecule has 0 aliphatic carbocycles. The zero-order valence-corrected chi connectivity index (χ0v) is 11.9. The van der Waals surface area contributed by atoms with E-state index in [-0.39, 0.29) is 0 Å². The molecule has 106 valence electrons. The highest BCUT2D eigenvalue weighted by molar-refractivity contribution is 5.43. The van der Waals surface area contributed by atoms with E-state index in [1.165, 1.54) is 0 Å². The maximum atomic E-state index is 9.73. The third-order valence-corrected chi connectivity index (χ3v) is 3.81. The van der Waals surface area contributed by atoms with Crippen LogP contribution >= 0.6 is 0 Å². The maximum absolute atomic E-state index is 9.73. The summed E-state index contributed by atoms with van der Waals surface area (Å²) in [5, 5.41) is 9.73. The number of rotatable bonds is 5. The fourth-order valence-corrected chi connectivity index (χ4v) is 2.45. The Morgan fingerprint density at radius 3 is 2.74 bits per heavy atom. The molecule has 1 N–H and O–H groups in total. The van der Waals surface area contributed by atoms with Gasteiger partial charge in [0, 0.05) is 26.8 Å². The van der Waals surface area contributed by atoms with E-state index in [0.717, 1.165) is 44.0 Å². The molecule has 2 heterocycles. The smallest absolute Gasteiger partial charge is 0.0957 e. The molecule has 0 saturated carbocycles. The summed E-state index contributed by atoms with van der Waals surface area (Å²) in [4.78, 5) is 6.59. The number of nitrogens with zero attached hydrogens (tertiary/aromatic N) is 2. The van der Waals surface area contributed by atoms with Gasteiger partial charge in [-0.3, -0.25) is 4.98 Å². The first-order valence-electron chi connectivity index (χ1n) is 7.13. The number of aliphatic hydroxyl groups excluding tert-OH is 1. The Balaban J connectivity index is 1.93. The first-order chi connectivity index (χ1) is 9.20. The molecule has 2 rings (SSSR count).